The molecule has 1 N–H and O–H groups in total. The van der Waals surface area contributed by atoms with Gasteiger partial charge in [0.2, 0.25) is 0 Å². The van der Waals surface area contributed by atoms with Crippen molar-refractivity contribution in [2.24, 2.45) is 0 Å². The van der Waals surface area contributed by atoms with Gasteiger partial charge in [-0.15, -0.1) is 0 Å². The minimum absolute atomic E-state index is 0.0788. The highest BCUT2D eigenvalue weighted by atomic mass is 16.5. The lowest BCUT2D eigenvalue weighted by Crippen LogP contribution is -2.08. The molecule has 0 amide bonds. The number of fused-ring (bicyclic) bond motifs is 1. The number of hydrogen-bond donors (Lipinski definition) is 1. The highest BCUT2D eigenvalue weighted by Gasteiger charge is 2.05. The van der Waals surface area contributed by atoms with Crippen LogP contribution in [-0.4, -0.2) is 12.5 Å². The van der Waals surface area contributed by atoms with Crippen LogP contribution in [0.5, 0.6) is 5.75 Å². The van der Waals surface area contributed by atoms with Crippen molar-refractivity contribution in [3.05, 3.63) is 60.2 Å². The predicted octanol–water partition coefficient (Wildman–Crippen LogP) is 1.98. The molecule has 3 rings (SSSR count). The monoisotopic (exact) mass is 252 g/mol. The van der Waals surface area contributed by atoms with Crippen molar-refractivity contribution in [1.82, 2.24) is 0 Å². The number of furan rings is 1. The Morgan fingerprint density at radius 2 is 1.89 bits per heavy atom. The molecule has 0 bridgehead atoms. The highest BCUT2D eigenvalue weighted by Crippen LogP contribution is 2.17. The Kier molecular flexibility index (Phi) is 3.25. The van der Waals surface area contributed by atoms with Gasteiger partial charge in [-0.05, 0) is 35.9 Å². The van der Waals surface area contributed by atoms with E-state index in [-0.39, 0.29) is 7.48 Å². The summed E-state index contributed by atoms with van der Waals surface area (Å²) in [5.41, 5.74) is 2.44. The molecule has 0 saturated heterocycles. The summed E-state index contributed by atoms with van der Waals surface area (Å²) in [4.78, 5) is 0. The summed E-state index contributed by atoms with van der Waals surface area (Å²) in [5, 5.41) is 10.0. The molecule has 3 nitrogen and oxygen atoms in total. The van der Waals surface area contributed by atoms with Crippen LogP contribution in [0.3, 0.4) is 0 Å². The van der Waals surface area contributed by atoms with Crippen molar-refractivity contribution in [2.75, 3.05) is 0 Å². The third-order valence-corrected chi connectivity index (χ3v) is 2.94. The first-order chi connectivity index (χ1) is 9.35. The normalized spacial score (nSPS) is 10.6. The van der Waals surface area contributed by atoms with Gasteiger partial charge in [0.15, 0.2) is 0 Å². The zero-order chi connectivity index (χ0) is 13.1. The lowest BCUT2D eigenvalue weighted by molar-refractivity contribution is 0.306. The molecule has 4 heteroatoms. The average Bonchev–Trinajstić information content (AvgIpc) is 2.88. The van der Waals surface area contributed by atoms with E-state index in [2.05, 4.69) is 0 Å². The molecule has 19 heavy (non-hydrogen) atoms. The first-order valence-corrected chi connectivity index (χ1v) is 6.15. The molecular weight excluding hydrogens is 239 g/mol. The van der Waals surface area contributed by atoms with Crippen LogP contribution in [0.2, 0.25) is 0 Å². The van der Waals surface area contributed by atoms with Gasteiger partial charge >= 0.3 is 7.48 Å². The van der Waals surface area contributed by atoms with Crippen LogP contribution in [0.1, 0.15) is 5.56 Å². The van der Waals surface area contributed by atoms with Crippen molar-refractivity contribution in [3.63, 3.8) is 0 Å². The average molecular weight is 252 g/mol. The number of benzene rings is 2. The third-order valence-electron chi connectivity index (χ3n) is 2.94. The van der Waals surface area contributed by atoms with E-state index in [1.807, 2.05) is 54.6 Å². The van der Waals surface area contributed by atoms with E-state index >= 15 is 0 Å². The number of ether oxygens (including phenoxy) is 1. The van der Waals surface area contributed by atoms with Crippen LogP contribution < -0.4 is 10.4 Å². The molecule has 0 fully saturated rings. The topological polar surface area (TPSA) is 42.6 Å². The molecule has 0 unspecified atom stereocenters. The van der Waals surface area contributed by atoms with Crippen LogP contribution >= 0.6 is 0 Å². The highest BCUT2D eigenvalue weighted by molar-refractivity contribution is 6.44. The molecule has 0 aliphatic rings. The smallest absolute Gasteiger partial charge is 0.347 e. The van der Waals surface area contributed by atoms with Crippen molar-refractivity contribution < 1.29 is 14.2 Å². The standard InChI is InChI=1S/C15H13BO3/c17-16-15-9-12-8-11(6-7-14(12)19-15)10-18-13-4-2-1-3-5-13/h1-9,16-17H,10H2. The second-order valence-electron chi connectivity index (χ2n) is 4.34. The summed E-state index contributed by atoms with van der Waals surface area (Å²) in [5.74, 6) is 0.853. The summed E-state index contributed by atoms with van der Waals surface area (Å²) >= 11 is 0. The Balaban J connectivity index is 1.78. The number of hydrogen-bond acceptors (Lipinski definition) is 3. The molecule has 3 aromatic rings. The third kappa shape index (κ3) is 2.64. The molecule has 0 atom stereocenters. The van der Waals surface area contributed by atoms with Gasteiger partial charge in [0, 0.05) is 5.39 Å². The van der Waals surface area contributed by atoms with Gasteiger partial charge in [0.25, 0.3) is 0 Å². The maximum Gasteiger partial charge on any atom is 0.347 e. The Morgan fingerprint density at radius 3 is 2.68 bits per heavy atom. The molecular formula is C15H13BO3. The minimum Gasteiger partial charge on any atom is -0.489 e. The van der Waals surface area contributed by atoms with Gasteiger partial charge in [-0.1, -0.05) is 24.3 Å². The van der Waals surface area contributed by atoms with E-state index < -0.39 is 0 Å². The fraction of sp³-hybridized carbons (Fsp3) is 0.0667. The summed E-state index contributed by atoms with van der Waals surface area (Å²) in [6, 6.07) is 17.4. The van der Waals surface area contributed by atoms with E-state index in [1.54, 1.807) is 0 Å². The van der Waals surface area contributed by atoms with Gasteiger partial charge in [-0.2, -0.15) is 0 Å². The maximum absolute atomic E-state index is 9.04. The minimum atomic E-state index is -0.0788. The van der Waals surface area contributed by atoms with Gasteiger partial charge in [-0.25, -0.2) is 0 Å². The molecule has 94 valence electrons. The second-order valence-corrected chi connectivity index (χ2v) is 4.34. The Labute approximate surface area is 111 Å². The van der Waals surface area contributed by atoms with Crippen LogP contribution in [0, 0.1) is 0 Å². The van der Waals surface area contributed by atoms with Crippen molar-refractivity contribution in [3.8, 4) is 5.75 Å². The Bertz CT molecular complexity index is 676. The summed E-state index contributed by atoms with van der Waals surface area (Å²) in [6.45, 7) is 0.513. The molecule has 0 radical (unpaired) electrons. The van der Waals surface area contributed by atoms with E-state index in [4.69, 9.17) is 14.2 Å². The fourth-order valence-corrected chi connectivity index (χ4v) is 2.00. The lowest BCUT2D eigenvalue weighted by atomic mass is 9.98. The number of rotatable bonds is 4. The first-order valence-electron chi connectivity index (χ1n) is 6.15. The van der Waals surface area contributed by atoms with Crippen molar-refractivity contribution >= 4 is 24.1 Å². The predicted molar refractivity (Wildman–Crippen MR) is 76.0 cm³/mol. The van der Waals surface area contributed by atoms with Gasteiger partial charge in [0.05, 0.1) is 5.66 Å². The van der Waals surface area contributed by atoms with Crippen LogP contribution in [0.4, 0.5) is 0 Å². The number of para-hydroxylation sites is 1. The summed E-state index contributed by atoms with van der Waals surface area (Å²) in [7, 11) is -0.0788. The molecule has 0 saturated carbocycles. The zero-order valence-electron chi connectivity index (χ0n) is 10.4. The molecule has 0 spiro atoms. The van der Waals surface area contributed by atoms with Crippen LogP contribution in [0.25, 0.3) is 11.0 Å². The Morgan fingerprint density at radius 1 is 1.05 bits per heavy atom. The summed E-state index contributed by atoms with van der Waals surface area (Å²) < 4.78 is 11.1. The molecule has 0 aliphatic heterocycles. The molecule has 1 aromatic heterocycles. The SMILES string of the molecule is OBc1cc2cc(COc3ccccc3)ccc2o1. The van der Waals surface area contributed by atoms with Crippen LogP contribution in [-0.2, 0) is 6.61 Å². The quantitative estimate of drug-likeness (QED) is 0.722. The summed E-state index contributed by atoms with van der Waals surface area (Å²) in [6.07, 6.45) is 0. The fourth-order valence-electron chi connectivity index (χ4n) is 2.00. The van der Waals surface area contributed by atoms with Crippen molar-refractivity contribution in [1.29, 1.82) is 0 Å². The second kappa shape index (κ2) is 5.20. The van der Waals surface area contributed by atoms with Crippen molar-refractivity contribution in [2.45, 2.75) is 6.61 Å². The van der Waals surface area contributed by atoms with Gasteiger partial charge in [-0.3, -0.25) is 0 Å². The zero-order valence-corrected chi connectivity index (χ0v) is 10.4. The molecule has 0 aliphatic carbocycles. The largest absolute Gasteiger partial charge is 0.489 e. The van der Waals surface area contributed by atoms with E-state index in [9.17, 15) is 0 Å². The maximum atomic E-state index is 9.04. The van der Waals surface area contributed by atoms with E-state index in [0.717, 1.165) is 22.3 Å². The Hall–Kier alpha value is -2.20. The van der Waals surface area contributed by atoms with Crippen LogP contribution in [0.15, 0.2) is 59.0 Å². The van der Waals surface area contributed by atoms with Gasteiger partial charge < -0.3 is 14.2 Å². The van der Waals surface area contributed by atoms with E-state index in [1.165, 1.54) is 0 Å². The molecule has 1 heterocycles. The first kappa shape index (κ1) is 11.9. The van der Waals surface area contributed by atoms with Gasteiger partial charge in [0.1, 0.15) is 17.9 Å². The molecule has 2 aromatic carbocycles. The lowest BCUT2D eigenvalue weighted by Gasteiger charge is -2.05. The van der Waals surface area contributed by atoms with E-state index in [0.29, 0.717) is 12.3 Å².